The van der Waals surface area contributed by atoms with Crippen LogP contribution in [-0.2, 0) is 17.6 Å². The van der Waals surface area contributed by atoms with Gasteiger partial charge in [0.15, 0.2) is 0 Å². The molecule has 0 unspecified atom stereocenters. The fourth-order valence-electron chi connectivity index (χ4n) is 2.85. The van der Waals surface area contributed by atoms with Gasteiger partial charge in [0.1, 0.15) is 11.6 Å². The number of benzene rings is 2. The van der Waals surface area contributed by atoms with E-state index in [1.165, 1.54) is 5.56 Å². The first-order valence-corrected chi connectivity index (χ1v) is 8.06. The summed E-state index contributed by atoms with van der Waals surface area (Å²) in [6.45, 7) is 1.31. The largest absolute Gasteiger partial charge is 0.351 e. The highest BCUT2D eigenvalue weighted by molar-refractivity contribution is 5.97. The lowest BCUT2D eigenvalue weighted by Gasteiger charge is -2.14. The van der Waals surface area contributed by atoms with E-state index in [0.29, 0.717) is 6.54 Å². The third-order valence-electron chi connectivity index (χ3n) is 4.12. The lowest BCUT2D eigenvalue weighted by Crippen LogP contribution is -2.28. The predicted octanol–water partition coefficient (Wildman–Crippen LogP) is 2.82. The van der Waals surface area contributed by atoms with E-state index in [2.05, 4.69) is 11.4 Å². The van der Waals surface area contributed by atoms with Crippen LogP contribution in [0.3, 0.4) is 0 Å². The maximum absolute atomic E-state index is 12.2. The third kappa shape index (κ3) is 3.64. The normalized spacial score (nSPS) is 13.3. The van der Waals surface area contributed by atoms with Gasteiger partial charge in [-0.2, -0.15) is 5.26 Å². The van der Waals surface area contributed by atoms with Crippen LogP contribution >= 0.6 is 0 Å². The SMILES string of the molecule is N#C/C(=C/N1CCc2ccccc21)C(=O)NCCc1ccccc1. The van der Waals surface area contributed by atoms with Crippen molar-refractivity contribution in [2.45, 2.75) is 12.8 Å². The molecular formula is C20H19N3O. The zero-order valence-corrected chi connectivity index (χ0v) is 13.4. The van der Waals surface area contributed by atoms with Gasteiger partial charge in [-0.15, -0.1) is 0 Å². The van der Waals surface area contributed by atoms with Gasteiger partial charge >= 0.3 is 0 Å². The molecule has 4 nitrogen and oxygen atoms in total. The Kier molecular flexibility index (Phi) is 4.93. The molecule has 0 radical (unpaired) electrons. The van der Waals surface area contributed by atoms with Crippen molar-refractivity contribution in [1.82, 2.24) is 5.32 Å². The van der Waals surface area contributed by atoms with E-state index >= 15 is 0 Å². The number of rotatable bonds is 5. The van der Waals surface area contributed by atoms with E-state index in [0.717, 1.165) is 30.6 Å². The first-order chi connectivity index (χ1) is 11.8. The average molecular weight is 317 g/mol. The van der Waals surface area contributed by atoms with Crippen molar-refractivity contribution >= 4 is 11.6 Å². The van der Waals surface area contributed by atoms with Crippen molar-refractivity contribution in [3.05, 3.63) is 77.5 Å². The number of hydrogen-bond donors (Lipinski definition) is 1. The summed E-state index contributed by atoms with van der Waals surface area (Å²) < 4.78 is 0. The molecule has 1 aliphatic rings. The first kappa shape index (κ1) is 15.8. The smallest absolute Gasteiger partial charge is 0.263 e. The molecule has 2 aromatic carbocycles. The lowest BCUT2D eigenvalue weighted by atomic mass is 10.1. The molecule has 3 rings (SSSR count). The molecule has 1 heterocycles. The minimum atomic E-state index is -0.321. The monoisotopic (exact) mass is 317 g/mol. The predicted molar refractivity (Wildman–Crippen MR) is 94.3 cm³/mol. The van der Waals surface area contributed by atoms with Gasteiger partial charge in [0.2, 0.25) is 0 Å². The van der Waals surface area contributed by atoms with Crippen molar-refractivity contribution in [2.24, 2.45) is 0 Å². The molecule has 0 fully saturated rings. The van der Waals surface area contributed by atoms with Crippen molar-refractivity contribution in [1.29, 1.82) is 5.26 Å². The van der Waals surface area contributed by atoms with E-state index in [4.69, 9.17) is 0 Å². The Morgan fingerprint density at radius 3 is 2.71 bits per heavy atom. The summed E-state index contributed by atoms with van der Waals surface area (Å²) in [6.07, 6.45) is 3.34. The molecule has 0 bridgehead atoms. The van der Waals surface area contributed by atoms with Crippen LogP contribution in [0.15, 0.2) is 66.4 Å². The molecule has 0 saturated carbocycles. The van der Waals surface area contributed by atoms with Crippen LogP contribution in [-0.4, -0.2) is 19.0 Å². The van der Waals surface area contributed by atoms with E-state index in [1.807, 2.05) is 59.5 Å². The summed E-state index contributed by atoms with van der Waals surface area (Å²) in [5.74, 6) is -0.321. The molecule has 0 saturated heterocycles. The van der Waals surface area contributed by atoms with E-state index in [-0.39, 0.29) is 11.5 Å². The second kappa shape index (κ2) is 7.47. The van der Waals surface area contributed by atoms with Crippen LogP contribution in [0.4, 0.5) is 5.69 Å². The zero-order chi connectivity index (χ0) is 16.8. The Bertz CT molecular complexity index is 790. The number of nitriles is 1. The number of nitrogens with one attached hydrogen (secondary N) is 1. The van der Waals surface area contributed by atoms with Gasteiger partial charge in [0.25, 0.3) is 5.91 Å². The molecule has 24 heavy (non-hydrogen) atoms. The van der Waals surface area contributed by atoms with Crippen LogP contribution < -0.4 is 10.2 Å². The summed E-state index contributed by atoms with van der Waals surface area (Å²) >= 11 is 0. The molecule has 120 valence electrons. The van der Waals surface area contributed by atoms with Crippen LogP contribution in [0.1, 0.15) is 11.1 Å². The van der Waals surface area contributed by atoms with Crippen molar-refractivity contribution in [3.8, 4) is 6.07 Å². The maximum Gasteiger partial charge on any atom is 0.263 e. The minimum Gasteiger partial charge on any atom is -0.351 e. The first-order valence-electron chi connectivity index (χ1n) is 8.06. The highest BCUT2D eigenvalue weighted by Gasteiger charge is 2.19. The summed E-state index contributed by atoms with van der Waals surface area (Å²) in [7, 11) is 0. The van der Waals surface area contributed by atoms with Crippen LogP contribution in [0.25, 0.3) is 0 Å². The molecule has 0 atom stereocenters. The maximum atomic E-state index is 12.2. The number of nitrogens with zero attached hydrogens (tertiary/aromatic N) is 2. The highest BCUT2D eigenvalue weighted by Crippen LogP contribution is 2.27. The van der Waals surface area contributed by atoms with Crippen molar-refractivity contribution < 1.29 is 4.79 Å². The second-order valence-corrected chi connectivity index (χ2v) is 5.72. The van der Waals surface area contributed by atoms with Gasteiger partial charge in [0.05, 0.1) is 0 Å². The van der Waals surface area contributed by atoms with Crippen LogP contribution in [0.5, 0.6) is 0 Å². The van der Waals surface area contributed by atoms with E-state index in [1.54, 1.807) is 6.20 Å². The fourth-order valence-corrected chi connectivity index (χ4v) is 2.85. The van der Waals surface area contributed by atoms with Gasteiger partial charge in [-0.3, -0.25) is 4.79 Å². The second-order valence-electron chi connectivity index (χ2n) is 5.72. The van der Waals surface area contributed by atoms with Gasteiger partial charge in [0, 0.05) is 25.0 Å². The topological polar surface area (TPSA) is 56.1 Å². The third-order valence-corrected chi connectivity index (χ3v) is 4.12. The van der Waals surface area contributed by atoms with Crippen molar-refractivity contribution in [3.63, 3.8) is 0 Å². The Hall–Kier alpha value is -3.06. The molecule has 0 aromatic heterocycles. The highest BCUT2D eigenvalue weighted by atomic mass is 16.1. The molecule has 0 aliphatic carbocycles. The van der Waals surface area contributed by atoms with E-state index < -0.39 is 0 Å². The fraction of sp³-hybridized carbons (Fsp3) is 0.200. The zero-order valence-electron chi connectivity index (χ0n) is 13.4. The number of carbonyl (C=O) groups excluding carboxylic acids is 1. The number of hydrogen-bond acceptors (Lipinski definition) is 3. The van der Waals surface area contributed by atoms with Crippen LogP contribution in [0, 0.1) is 11.3 Å². The molecule has 4 heteroatoms. The molecule has 1 amide bonds. The summed E-state index contributed by atoms with van der Waals surface area (Å²) in [5, 5.41) is 12.1. The summed E-state index contributed by atoms with van der Waals surface area (Å²) in [6, 6.07) is 20.0. The molecule has 0 spiro atoms. The number of amides is 1. The number of fused-ring (bicyclic) bond motifs is 1. The quantitative estimate of drug-likeness (QED) is 0.681. The summed E-state index contributed by atoms with van der Waals surface area (Å²) in [5.41, 5.74) is 3.62. The molecule has 2 aromatic rings. The number of carbonyl (C=O) groups is 1. The Morgan fingerprint density at radius 1 is 1.17 bits per heavy atom. The minimum absolute atomic E-state index is 0.139. The number of para-hydroxylation sites is 1. The summed E-state index contributed by atoms with van der Waals surface area (Å²) in [4.78, 5) is 14.2. The van der Waals surface area contributed by atoms with Gasteiger partial charge in [-0.05, 0) is 30.0 Å². The number of anilines is 1. The van der Waals surface area contributed by atoms with Crippen LogP contribution in [0.2, 0.25) is 0 Å². The molecule has 1 aliphatic heterocycles. The van der Waals surface area contributed by atoms with Gasteiger partial charge in [-0.1, -0.05) is 48.5 Å². The Balaban J connectivity index is 1.62. The van der Waals surface area contributed by atoms with Gasteiger partial charge in [-0.25, -0.2) is 0 Å². The van der Waals surface area contributed by atoms with Crippen molar-refractivity contribution in [2.75, 3.05) is 18.0 Å². The lowest BCUT2D eigenvalue weighted by molar-refractivity contribution is -0.117. The standard InChI is InChI=1S/C20H19N3O/c21-14-18(15-23-13-11-17-8-4-5-9-19(17)23)20(24)22-12-10-16-6-2-1-3-7-16/h1-9,15H,10-13H2,(H,22,24)/b18-15-. The van der Waals surface area contributed by atoms with E-state index in [9.17, 15) is 10.1 Å². The van der Waals surface area contributed by atoms with Gasteiger partial charge < -0.3 is 10.2 Å². The molecular weight excluding hydrogens is 298 g/mol. The Morgan fingerprint density at radius 2 is 1.92 bits per heavy atom. The Labute approximate surface area is 142 Å². The average Bonchev–Trinajstić information content (AvgIpc) is 3.03. The molecule has 1 N–H and O–H groups in total.